The van der Waals surface area contributed by atoms with E-state index in [1.54, 1.807) is 0 Å². The standard InChI is InChI=1S/C27H50N8O10/c28-6-12-1-2-14(34-11-7-33-8-11)24(42-12)45-23-13(29)3-10(4-17(37)27(41)5-16(27)35-26(31)32)22(21(23)40)44-25-20(39)18(30)19(38)15(9-36)43-25/h10-16,18-25,33-34,36,38-41H,1-9,28-30H2,(H4,31,32,35)/t10-,12-,13-,14+,15+,16?,18-,19+,20+,21+,22-,23?,24+,25+,27?/m0/s1. The number of carbonyl (C=O) groups excluding carboxylic acids is 1. The normalized spacial score (nSPS) is 47.1. The van der Waals surface area contributed by atoms with Crippen molar-refractivity contribution in [3.63, 3.8) is 0 Å². The number of hydrogen-bond donors (Lipinski definition) is 12. The molecule has 0 amide bonds. The van der Waals surface area contributed by atoms with Gasteiger partial charge < -0.3 is 83.8 Å². The Morgan fingerprint density at radius 2 is 1.73 bits per heavy atom. The number of Topliss-reactive ketones (excluding diaryl/α,β-unsaturated/α-hetero) is 1. The Hall–Kier alpha value is -1.62. The van der Waals surface area contributed by atoms with E-state index in [-0.39, 0.29) is 50.0 Å². The van der Waals surface area contributed by atoms with Crippen LogP contribution in [-0.4, -0.2) is 155 Å². The van der Waals surface area contributed by atoms with Gasteiger partial charge in [-0.2, -0.15) is 0 Å². The van der Waals surface area contributed by atoms with Gasteiger partial charge in [-0.05, 0) is 25.2 Å². The summed E-state index contributed by atoms with van der Waals surface area (Å²) in [5, 5.41) is 60.2. The summed E-state index contributed by atoms with van der Waals surface area (Å²) in [6.45, 7) is 1.27. The zero-order chi connectivity index (χ0) is 32.6. The molecule has 18 nitrogen and oxygen atoms in total. The van der Waals surface area contributed by atoms with Crippen LogP contribution < -0.4 is 39.3 Å². The van der Waals surface area contributed by atoms with Crippen molar-refractivity contribution in [2.45, 2.75) is 123 Å². The molecule has 5 fully saturated rings. The minimum absolute atomic E-state index is 0.0317. The van der Waals surface area contributed by atoms with E-state index in [1.807, 2.05) is 0 Å². The first-order valence-electron chi connectivity index (χ1n) is 15.7. The van der Waals surface area contributed by atoms with E-state index in [4.69, 9.17) is 47.6 Å². The third-order valence-corrected chi connectivity index (χ3v) is 9.73. The SMILES string of the molecule is NC[C@@H]1CC[C@@H](NC2CNC2)[C@@H](OC2[C@@H](N)C[C@@H](CC(=O)C3(O)CC3N=C(N)N)[C@H](O[C@H]3O[C@H](CO)[C@@H](O)[C@H](N)[C@H]3O)[C@H]2O)O1. The summed E-state index contributed by atoms with van der Waals surface area (Å²) in [4.78, 5) is 17.2. The Labute approximate surface area is 260 Å². The molecular weight excluding hydrogens is 596 g/mol. The molecule has 5 rings (SSSR count). The molecule has 2 saturated carbocycles. The number of ether oxygens (including phenoxy) is 4. The molecule has 0 bridgehead atoms. The molecular formula is C27H50N8O10. The van der Waals surface area contributed by atoms with Crippen LogP contribution in [0.2, 0.25) is 0 Å². The monoisotopic (exact) mass is 646 g/mol. The Kier molecular flexibility index (Phi) is 11.0. The number of ketones is 1. The van der Waals surface area contributed by atoms with Crippen molar-refractivity contribution in [3.8, 4) is 0 Å². The second-order valence-corrected chi connectivity index (χ2v) is 13.0. The average Bonchev–Trinajstić information content (AvgIpc) is 3.64. The molecule has 5 aliphatic rings. The van der Waals surface area contributed by atoms with E-state index in [2.05, 4.69) is 15.6 Å². The number of guanidine groups is 1. The first kappa shape index (κ1) is 34.7. The average molecular weight is 647 g/mol. The molecule has 3 heterocycles. The number of aliphatic hydroxyl groups is 5. The van der Waals surface area contributed by atoms with Crippen molar-refractivity contribution in [1.82, 2.24) is 10.6 Å². The molecule has 3 saturated heterocycles. The van der Waals surface area contributed by atoms with Crippen LogP contribution in [0, 0.1) is 5.92 Å². The summed E-state index contributed by atoms with van der Waals surface area (Å²) >= 11 is 0. The Bertz CT molecular complexity index is 1050. The molecule has 0 aromatic heterocycles. The van der Waals surface area contributed by atoms with Crippen molar-refractivity contribution in [2.24, 2.45) is 39.6 Å². The summed E-state index contributed by atoms with van der Waals surface area (Å²) < 4.78 is 24.3. The van der Waals surface area contributed by atoms with Crippen molar-refractivity contribution < 1.29 is 49.3 Å². The van der Waals surface area contributed by atoms with E-state index in [0.29, 0.717) is 0 Å². The molecule has 258 valence electrons. The largest absolute Gasteiger partial charge is 0.394 e. The van der Waals surface area contributed by atoms with Gasteiger partial charge in [-0.1, -0.05) is 0 Å². The fourth-order valence-electron chi connectivity index (χ4n) is 6.76. The molecule has 0 radical (unpaired) electrons. The summed E-state index contributed by atoms with van der Waals surface area (Å²) in [5.41, 5.74) is 27.5. The lowest BCUT2D eigenvalue weighted by Gasteiger charge is -2.49. The minimum atomic E-state index is -1.78. The van der Waals surface area contributed by atoms with Crippen molar-refractivity contribution >= 4 is 11.7 Å². The number of nitrogens with zero attached hydrogens (tertiary/aromatic N) is 1. The van der Waals surface area contributed by atoms with Crippen LogP contribution in [0.3, 0.4) is 0 Å². The highest BCUT2D eigenvalue weighted by Gasteiger charge is 2.60. The van der Waals surface area contributed by atoms with Crippen LogP contribution in [0.25, 0.3) is 0 Å². The Balaban J connectivity index is 1.36. The van der Waals surface area contributed by atoms with Crippen LogP contribution in [0.15, 0.2) is 4.99 Å². The van der Waals surface area contributed by atoms with Crippen LogP contribution in [0.1, 0.15) is 32.1 Å². The third-order valence-electron chi connectivity index (χ3n) is 9.73. The van der Waals surface area contributed by atoms with Gasteiger partial charge in [-0.25, -0.2) is 4.99 Å². The van der Waals surface area contributed by atoms with E-state index < -0.39 is 91.2 Å². The second-order valence-electron chi connectivity index (χ2n) is 13.0. The number of carbonyl (C=O) groups is 1. The maximum atomic E-state index is 13.3. The van der Waals surface area contributed by atoms with Gasteiger partial charge in [0.25, 0.3) is 0 Å². The molecule has 0 aromatic rings. The maximum Gasteiger partial charge on any atom is 0.186 e. The van der Waals surface area contributed by atoms with Crippen LogP contribution in [0.5, 0.6) is 0 Å². The quantitative estimate of drug-likeness (QED) is 0.0692. The maximum absolute atomic E-state index is 13.3. The highest BCUT2D eigenvalue weighted by Crippen LogP contribution is 2.43. The fraction of sp³-hybridized carbons (Fsp3) is 0.926. The van der Waals surface area contributed by atoms with Crippen molar-refractivity contribution in [1.29, 1.82) is 0 Å². The predicted molar refractivity (Wildman–Crippen MR) is 157 cm³/mol. The van der Waals surface area contributed by atoms with Gasteiger partial charge in [0.1, 0.15) is 36.1 Å². The number of nitrogens with two attached hydrogens (primary N) is 5. The molecule has 45 heavy (non-hydrogen) atoms. The number of aliphatic hydroxyl groups excluding tert-OH is 4. The topological polar surface area (TPSA) is 322 Å². The first-order valence-corrected chi connectivity index (χ1v) is 15.7. The smallest absolute Gasteiger partial charge is 0.186 e. The fourth-order valence-corrected chi connectivity index (χ4v) is 6.76. The Morgan fingerprint density at radius 1 is 1.02 bits per heavy atom. The molecule has 15 atom stereocenters. The van der Waals surface area contributed by atoms with E-state index in [1.165, 1.54) is 0 Å². The van der Waals surface area contributed by atoms with Gasteiger partial charge in [0.15, 0.2) is 24.3 Å². The second kappa shape index (κ2) is 14.2. The minimum Gasteiger partial charge on any atom is -0.394 e. The zero-order valence-corrected chi connectivity index (χ0v) is 25.1. The zero-order valence-electron chi connectivity index (χ0n) is 25.1. The summed E-state index contributed by atoms with van der Waals surface area (Å²) in [6, 6.07) is -2.80. The summed E-state index contributed by atoms with van der Waals surface area (Å²) in [6.07, 6.45) is -9.06. The van der Waals surface area contributed by atoms with E-state index >= 15 is 0 Å². The lowest BCUT2D eigenvalue weighted by molar-refractivity contribution is -0.318. The van der Waals surface area contributed by atoms with Gasteiger partial charge in [0, 0.05) is 44.6 Å². The highest BCUT2D eigenvalue weighted by atomic mass is 16.7. The molecule has 18 heteroatoms. The number of hydrogen-bond acceptors (Lipinski definition) is 16. The number of nitrogens with one attached hydrogen (secondary N) is 2. The van der Waals surface area contributed by atoms with Crippen LogP contribution in [0.4, 0.5) is 0 Å². The molecule has 0 aromatic carbocycles. The molecule has 3 aliphatic heterocycles. The van der Waals surface area contributed by atoms with Gasteiger partial charge in [-0.15, -0.1) is 0 Å². The van der Waals surface area contributed by atoms with E-state index in [9.17, 15) is 30.3 Å². The summed E-state index contributed by atoms with van der Waals surface area (Å²) in [5.74, 6) is -1.61. The number of aliphatic imine (C=N–C) groups is 1. The number of rotatable bonds is 12. The van der Waals surface area contributed by atoms with Gasteiger partial charge in [-0.3, -0.25) is 4.79 Å². The predicted octanol–water partition coefficient (Wildman–Crippen LogP) is -6.64. The van der Waals surface area contributed by atoms with Crippen molar-refractivity contribution in [2.75, 3.05) is 26.2 Å². The van der Waals surface area contributed by atoms with Crippen LogP contribution >= 0.6 is 0 Å². The third kappa shape index (κ3) is 7.44. The van der Waals surface area contributed by atoms with Crippen molar-refractivity contribution in [3.05, 3.63) is 0 Å². The lowest BCUT2D eigenvalue weighted by atomic mass is 9.76. The first-order chi connectivity index (χ1) is 21.4. The molecule has 3 unspecified atom stereocenters. The summed E-state index contributed by atoms with van der Waals surface area (Å²) in [7, 11) is 0. The molecule has 17 N–H and O–H groups in total. The van der Waals surface area contributed by atoms with Gasteiger partial charge in [0.2, 0.25) is 0 Å². The highest BCUT2D eigenvalue weighted by molar-refractivity contribution is 5.92. The molecule has 2 aliphatic carbocycles. The molecule has 0 spiro atoms. The lowest BCUT2D eigenvalue weighted by Crippen LogP contribution is -2.67. The Morgan fingerprint density at radius 3 is 2.36 bits per heavy atom. The van der Waals surface area contributed by atoms with Gasteiger partial charge in [0.05, 0.1) is 36.9 Å². The van der Waals surface area contributed by atoms with Gasteiger partial charge >= 0.3 is 0 Å². The van der Waals surface area contributed by atoms with E-state index in [0.717, 1.165) is 25.9 Å². The van der Waals surface area contributed by atoms with Crippen LogP contribution in [-0.2, 0) is 23.7 Å².